The van der Waals surface area contributed by atoms with Crippen molar-refractivity contribution in [1.82, 2.24) is 0 Å². The summed E-state index contributed by atoms with van der Waals surface area (Å²) < 4.78 is 0. The Kier molecular flexibility index (Phi) is 4.64. The molecule has 0 unspecified atom stereocenters. The molecule has 0 spiro atoms. The van der Waals surface area contributed by atoms with Gasteiger partial charge < -0.3 is 16.4 Å². The molecular weight excluding hydrogens is 342 g/mol. The highest BCUT2D eigenvalue weighted by Gasteiger charge is 2.23. The second kappa shape index (κ2) is 7.08. The SMILES string of the molecule is NC(=S)Nc1ccc2c(c1)Cc1cc(NC(=O)C3CCCCC3)ccc1-2. The molecule has 1 saturated carbocycles. The minimum Gasteiger partial charge on any atom is -0.376 e. The summed E-state index contributed by atoms with van der Waals surface area (Å²) in [6.07, 6.45) is 6.47. The van der Waals surface area contributed by atoms with E-state index in [0.717, 1.165) is 30.6 Å². The van der Waals surface area contributed by atoms with Crippen LogP contribution in [0.3, 0.4) is 0 Å². The van der Waals surface area contributed by atoms with E-state index in [-0.39, 0.29) is 16.9 Å². The molecule has 1 fully saturated rings. The van der Waals surface area contributed by atoms with Gasteiger partial charge in [0.25, 0.3) is 0 Å². The lowest BCUT2D eigenvalue weighted by atomic mass is 9.88. The molecule has 2 aliphatic carbocycles. The summed E-state index contributed by atoms with van der Waals surface area (Å²) in [6.45, 7) is 0. The van der Waals surface area contributed by atoms with Gasteiger partial charge in [-0.2, -0.15) is 0 Å². The molecular formula is C21H23N3OS. The number of nitrogens with one attached hydrogen (secondary N) is 2. The third-order valence-electron chi connectivity index (χ3n) is 5.39. The van der Waals surface area contributed by atoms with E-state index in [4.69, 9.17) is 18.0 Å². The van der Waals surface area contributed by atoms with Crippen molar-refractivity contribution in [3.8, 4) is 11.1 Å². The van der Waals surface area contributed by atoms with Crippen molar-refractivity contribution in [2.75, 3.05) is 10.6 Å². The molecule has 0 atom stereocenters. The number of hydrogen-bond acceptors (Lipinski definition) is 2. The molecule has 26 heavy (non-hydrogen) atoms. The average Bonchev–Trinajstić information content (AvgIpc) is 2.98. The molecule has 0 bridgehead atoms. The van der Waals surface area contributed by atoms with E-state index in [1.165, 1.54) is 41.5 Å². The van der Waals surface area contributed by atoms with Gasteiger partial charge in [-0.1, -0.05) is 31.4 Å². The molecule has 4 N–H and O–H groups in total. The van der Waals surface area contributed by atoms with Gasteiger partial charge in [0.05, 0.1) is 0 Å². The number of hydrogen-bond donors (Lipinski definition) is 3. The summed E-state index contributed by atoms with van der Waals surface area (Å²) in [7, 11) is 0. The summed E-state index contributed by atoms with van der Waals surface area (Å²) in [5.41, 5.74) is 12.3. The Morgan fingerprint density at radius 2 is 1.50 bits per heavy atom. The van der Waals surface area contributed by atoms with Gasteiger partial charge in [0.1, 0.15) is 0 Å². The van der Waals surface area contributed by atoms with Crippen LogP contribution in [0.25, 0.3) is 11.1 Å². The van der Waals surface area contributed by atoms with Crippen molar-refractivity contribution in [1.29, 1.82) is 0 Å². The number of nitrogens with two attached hydrogens (primary N) is 1. The van der Waals surface area contributed by atoms with Gasteiger partial charge in [0.15, 0.2) is 5.11 Å². The first kappa shape index (κ1) is 17.0. The van der Waals surface area contributed by atoms with Gasteiger partial charge in [0.2, 0.25) is 5.91 Å². The van der Waals surface area contributed by atoms with Crippen molar-refractivity contribution < 1.29 is 4.79 Å². The lowest BCUT2D eigenvalue weighted by Crippen LogP contribution is -2.24. The van der Waals surface area contributed by atoms with Crippen LogP contribution in [-0.4, -0.2) is 11.0 Å². The summed E-state index contributed by atoms with van der Waals surface area (Å²) in [6, 6.07) is 12.4. The molecule has 0 heterocycles. The number of anilines is 2. The molecule has 0 aliphatic heterocycles. The second-order valence-corrected chi connectivity index (χ2v) is 7.67. The minimum absolute atomic E-state index is 0.169. The van der Waals surface area contributed by atoms with Crippen LogP contribution in [-0.2, 0) is 11.2 Å². The Hall–Kier alpha value is -2.40. The van der Waals surface area contributed by atoms with Crippen LogP contribution in [0.5, 0.6) is 0 Å². The fourth-order valence-corrected chi connectivity index (χ4v) is 4.24. The Morgan fingerprint density at radius 1 is 0.923 bits per heavy atom. The molecule has 5 heteroatoms. The summed E-state index contributed by atoms with van der Waals surface area (Å²) in [5.74, 6) is 0.339. The van der Waals surface area contributed by atoms with Crippen LogP contribution >= 0.6 is 12.2 Å². The van der Waals surface area contributed by atoms with Crippen LogP contribution in [0.2, 0.25) is 0 Å². The molecule has 1 amide bonds. The first-order valence-corrected chi connectivity index (χ1v) is 9.64. The summed E-state index contributed by atoms with van der Waals surface area (Å²) >= 11 is 4.91. The predicted octanol–water partition coefficient (Wildman–Crippen LogP) is 4.43. The number of fused-ring (bicyclic) bond motifs is 3. The first-order valence-electron chi connectivity index (χ1n) is 9.24. The molecule has 0 saturated heterocycles. The van der Waals surface area contributed by atoms with Crippen LogP contribution in [0.1, 0.15) is 43.2 Å². The number of thiocarbonyl (C=S) groups is 1. The zero-order valence-corrected chi connectivity index (χ0v) is 15.5. The maximum Gasteiger partial charge on any atom is 0.227 e. The number of carbonyl (C=O) groups excluding carboxylic acids is 1. The average molecular weight is 366 g/mol. The highest BCUT2D eigenvalue weighted by Crippen LogP contribution is 2.39. The van der Waals surface area contributed by atoms with Gasteiger partial charge in [-0.15, -0.1) is 0 Å². The van der Waals surface area contributed by atoms with Gasteiger partial charge in [-0.25, -0.2) is 0 Å². The Balaban J connectivity index is 1.51. The topological polar surface area (TPSA) is 67.2 Å². The fraction of sp³-hybridized carbons (Fsp3) is 0.333. The van der Waals surface area contributed by atoms with Crippen molar-refractivity contribution in [3.63, 3.8) is 0 Å². The first-order chi connectivity index (χ1) is 12.6. The minimum atomic E-state index is 0.169. The van der Waals surface area contributed by atoms with Crippen molar-refractivity contribution in [2.45, 2.75) is 38.5 Å². The largest absolute Gasteiger partial charge is 0.376 e. The Labute approximate surface area is 159 Å². The Morgan fingerprint density at radius 3 is 2.08 bits per heavy atom. The number of amides is 1. The van der Waals surface area contributed by atoms with E-state index in [1.807, 2.05) is 12.1 Å². The van der Waals surface area contributed by atoms with E-state index in [9.17, 15) is 4.79 Å². The van der Waals surface area contributed by atoms with Gasteiger partial charge >= 0.3 is 0 Å². The lowest BCUT2D eigenvalue weighted by Gasteiger charge is -2.20. The highest BCUT2D eigenvalue weighted by molar-refractivity contribution is 7.80. The van der Waals surface area contributed by atoms with Gasteiger partial charge in [-0.3, -0.25) is 4.79 Å². The third kappa shape index (κ3) is 3.44. The van der Waals surface area contributed by atoms with Crippen LogP contribution in [0, 0.1) is 5.92 Å². The van der Waals surface area contributed by atoms with Crippen LogP contribution in [0.15, 0.2) is 36.4 Å². The third-order valence-corrected chi connectivity index (χ3v) is 5.49. The number of benzene rings is 2. The van der Waals surface area contributed by atoms with Crippen LogP contribution in [0.4, 0.5) is 11.4 Å². The zero-order valence-electron chi connectivity index (χ0n) is 14.7. The van der Waals surface area contributed by atoms with Crippen molar-refractivity contribution in [3.05, 3.63) is 47.5 Å². The van der Waals surface area contributed by atoms with Crippen molar-refractivity contribution in [2.24, 2.45) is 11.7 Å². The summed E-state index contributed by atoms with van der Waals surface area (Å²) in [4.78, 5) is 12.5. The Bertz CT molecular complexity index is 872. The smallest absolute Gasteiger partial charge is 0.227 e. The maximum absolute atomic E-state index is 12.5. The highest BCUT2D eigenvalue weighted by atomic mass is 32.1. The second-order valence-electron chi connectivity index (χ2n) is 7.23. The molecule has 4 nitrogen and oxygen atoms in total. The molecule has 0 aromatic heterocycles. The molecule has 4 rings (SSSR count). The van der Waals surface area contributed by atoms with Gasteiger partial charge in [-0.05, 0) is 78.0 Å². The van der Waals surface area contributed by atoms with E-state index in [2.05, 4.69) is 34.9 Å². The van der Waals surface area contributed by atoms with E-state index < -0.39 is 0 Å². The lowest BCUT2D eigenvalue weighted by molar-refractivity contribution is -0.120. The molecule has 2 aromatic carbocycles. The number of rotatable bonds is 3. The molecule has 0 radical (unpaired) electrons. The van der Waals surface area contributed by atoms with E-state index >= 15 is 0 Å². The fourth-order valence-electron chi connectivity index (χ4n) is 4.12. The van der Waals surface area contributed by atoms with Crippen LogP contribution < -0.4 is 16.4 Å². The van der Waals surface area contributed by atoms with Gasteiger partial charge in [0, 0.05) is 17.3 Å². The quantitative estimate of drug-likeness (QED) is 0.601. The predicted molar refractivity (Wildman–Crippen MR) is 110 cm³/mol. The summed E-state index contributed by atoms with van der Waals surface area (Å²) in [5, 5.41) is 6.38. The van der Waals surface area contributed by atoms with Crippen molar-refractivity contribution >= 4 is 34.6 Å². The zero-order chi connectivity index (χ0) is 18.1. The standard InChI is InChI=1S/C21H23N3OS/c22-21(26)24-17-7-9-19-15(12-17)10-14-11-16(6-8-18(14)19)23-20(25)13-4-2-1-3-5-13/h6-9,11-13H,1-5,10H2,(H,23,25)(H3,22,24,26). The monoisotopic (exact) mass is 365 g/mol. The van der Waals surface area contributed by atoms with E-state index in [1.54, 1.807) is 0 Å². The van der Waals surface area contributed by atoms with E-state index in [0.29, 0.717) is 0 Å². The number of carbonyl (C=O) groups is 1. The normalized spacial score (nSPS) is 15.8. The molecule has 2 aliphatic rings. The molecule has 2 aromatic rings. The molecule has 134 valence electrons. The maximum atomic E-state index is 12.5.